The number of rotatable bonds is 3. The quantitative estimate of drug-likeness (QED) is 0.818. The van der Waals surface area contributed by atoms with Crippen LogP contribution in [-0.4, -0.2) is 21.3 Å². The Morgan fingerprint density at radius 3 is 2.50 bits per heavy atom. The first-order chi connectivity index (χ1) is 6.35. The van der Waals surface area contributed by atoms with Gasteiger partial charge in [0.15, 0.2) is 5.01 Å². The molecular formula is C6H2ClF2NO3S. The number of halogens is 3. The van der Waals surface area contributed by atoms with Crippen LogP contribution in [-0.2, 0) is 10.7 Å². The van der Waals surface area contributed by atoms with Crippen LogP contribution >= 0.6 is 22.9 Å². The molecule has 0 unspecified atom stereocenters. The highest BCUT2D eigenvalue weighted by molar-refractivity contribution is 7.13. The third-order valence-corrected chi connectivity index (χ3v) is 2.39. The summed E-state index contributed by atoms with van der Waals surface area (Å²) in [4.78, 5) is 23.7. The van der Waals surface area contributed by atoms with Crippen molar-refractivity contribution in [1.82, 2.24) is 4.98 Å². The lowest BCUT2D eigenvalue weighted by molar-refractivity contribution is -0.166. The van der Waals surface area contributed by atoms with E-state index in [1.807, 2.05) is 0 Å². The Labute approximate surface area is 85.1 Å². The summed E-state index contributed by atoms with van der Waals surface area (Å²) in [7, 11) is 0. The van der Waals surface area contributed by atoms with Gasteiger partial charge in [0.2, 0.25) is 0 Å². The van der Waals surface area contributed by atoms with Crippen molar-refractivity contribution in [1.29, 1.82) is 0 Å². The highest BCUT2D eigenvalue weighted by Crippen LogP contribution is 2.29. The largest absolute Gasteiger partial charge is 0.476 e. The van der Waals surface area contributed by atoms with Gasteiger partial charge in [-0.3, -0.25) is 4.79 Å². The molecule has 14 heavy (non-hydrogen) atoms. The molecule has 1 rings (SSSR count). The molecule has 76 valence electrons. The molecule has 0 radical (unpaired) electrons. The van der Waals surface area contributed by atoms with Crippen LogP contribution in [0.3, 0.4) is 0 Å². The van der Waals surface area contributed by atoms with Crippen LogP contribution in [0.5, 0.6) is 0 Å². The molecule has 0 saturated heterocycles. The van der Waals surface area contributed by atoms with Gasteiger partial charge in [-0.1, -0.05) is 0 Å². The molecule has 8 heteroatoms. The van der Waals surface area contributed by atoms with Crippen LogP contribution in [0.2, 0.25) is 0 Å². The van der Waals surface area contributed by atoms with Gasteiger partial charge in [-0.05, 0) is 11.6 Å². The minimum Gasteiger partial charge on any atom is -0.476 e. The number of nitrogens with zero attached hydrogens (tertiary/aromatic N) is 1. The van der Waals surface area contributed by atoms with Crippen LogP contribution in [0.15, 0.2) is 5.38 Å². The molecule has 1 heterocycles. The fraction of sp³-hybridized carbons (Fsp3) is 0.167. The third kappa shape index (κ3) is 1.88. The standard InChI is InChI=1S/C6H2ClF2NO3S/c7-3(11)4-10-2(1-14-4)6(8,9)5(12)13/h1H,(H,12,13). The van der Waals surface area contributed by atoms with Crippen molar-refractivity contribution < 1.29 is 23.5 Å². The Morgan fingerprint density at radius 1 is 1.57 bits per heavy atom. The molecule has 0 bridgehead atoms. The second-order valence-electron chi connectivity index (χ2n) is 2.19. The third-order valence-electron chi connectivity index (χ3n) is 1.26. The zero-order valence-corrected chi connectivity index (χ0v) is 7.90. The molecule has 1 N–H and O–H groups in total. The van der Waals surface area contributed by atoms with E-state index in [9.17, 15) is 18.4 Å². The lowest BCUT2D eigenvalue weighted by Crippen LogP contribution is -2.25. The molecule has 0 aliphatic carbocycles. The number of aliphatic carboxylic acids is 1. The Balaban J connectivity index is 3.09. The summed E-state index contributed by atoms with van der Waals surface area (Å²) in [6.45, 7) is 0. The summed E-state index contributed by atoms with van der Waals surface area (Å²) in [6.07, 6.45) is 0. The predicted octanol–water partition coefficient (Wildman–Crippen LogP) is 1.70. The van der Waals surface area contributed by atoms with Crippen LogP contribution < -0.4 is 0 Å². The van der Waals surface area contributed by atoms with Crippen molar-refractivity contribution in [2.75, 3.05) is 0 Å². The Kier molecular flexibility index (Phi) is 2.81. The summed E-state index contributed by atoms with van der Waals surface area (Å²) in [6, 6.07) is 0. The van der Waals surface area contributed by atoms with Gasteiger partial charge in [-0.25, -0.2) is 9.78 Å². The van der Waals surface area contributed by atoms with Gasteiger partial charge in [0.1, 0.15) is 5.69 Å². The van der Waals surface area contributed by atoms with Crippen molar-refractivity contribution in [3.63, 3.8) is 0 Å². The van der Waals surface area contributed by atoms with E-state index < -0.39 is 22.8 Å². The number of carbonyl (C=O) groups is 2. The Morgan fingerprint density at radius 2 is 2.14 bits per heavy atom. The van der Waals surface area contributed by atoms with Gasteiger partial charge in [0.25, 0.3) is 5.24 Å². The second-order valence-corrected chi connectivity index (χ2v) is 3.39. The van der Waals surface area contributed by atoms with Crippen molar-refractivity contribution in [2.45, 2.75) is 5.92 Å². The number of alkyl halides is 2. The molecule has 1 aromatic heterocycles. The molecule has 1 aromatic rings. The molecule has 4 nitrogen and oxygen atoms in total. The van der Waals surface area contributed by atoms with Crippen molar-refractivity contribution in [3.8, 4) is 0 Å². The maximum Gasteiger partial charge on any atom is 0.385 e. The van der Waals surface area contributed by atoms with E-state index in [0.29, 0.717) is 11.3 Å². The summed E-state index contributed by atoms with van der Waals surface area (Å²) in [5.41, 5.74) is -0.987. The highest BCUT2D eigenvalue weighted by atomic mass is 35.5. The molecule has 0 aliphatic rings. The van der Waals surface area contributed by atoms with E-state index in [0.717, 1.165) is 5.38 Å². The first-order valence-corrected chi connectivity index (χ1v) is 4.38. The highest BCUT2D eigenvalue weighted by Gasteiger charge is 2.43. The lowest BCUT2D eigenvalue weighted by Gasteiger charge is -2.06. The molecule has 0 amide bonds. The summed E-state index contributed by atoms with van der Waals surface area (Å²) in [5, 5.41) is 7.56. The fourth-order valence-electron chi connectivity index (χ4n) is 0.618. The van der Waals surface area contributed by atoms with Gasteiger partial charge in [0.05, 0.1) is 0 Å². The van der Waals surface area contributed by atoms with E-state index in [2.05, 4.69) is 4.98 Å². The van der Waals surface area contributed by atoms with Crippen molar-refractivity contribution in [3.05, 3.63) is 16.1 Å². The van der Waals surface area contributed by atoms with Gasteiger partial charge >= 0.3 is 11.9 Å². The molecule has 0 saturated carbocycles. The number of carboxylic acid groups (broad SMARTS) is 1. The Bertz CT molecular complexity index is 392. The maximum absolute atomic E-state index is 12.7. The summed E-state index contributed by atoms with van der Waals surface area (Å²) < 4.78 is 25.5. The normalized spacial score (nSPS) is 11.4. The average molecular weight is 242 g/mol. The number of carboxylic acids is 1. The Hall–Kier alpha value is -1.08. The van der Waals surface area contributed by atoms with Gasteiger partial charge in [-0.2, -0.15) is 8.78 Å². The van der Waals surface area contributed by atoms with E-state index in [4.69, 9.17) is 16.7 Å². The first kappa shape index (κ1) is 11.0. The topological polar surface area (TPSA) is 67.3 Å². The summed E-state index contributed by atoms with van der Waals surface area (Å²) in [5.74, 6) is -6.42. The monoisotopic (exact) mass is 241 g/mol. The van der Waals surface area contributed by atoms with Gasteiger partial charge < -0.3 is 5.11 Å². The van der Waals surface area contributed by atoms with Crippen molar-refractivity contribution >= 4 is 34.1 Å². The molecule has 0 spiro atoms. The van der Waals surface area contributed by atoms with Gasteiger partial charge in [-0.15, -0.1) is 11.3 Å². The number of thiazole rings is 1. The fourth-order valence-corrected chi connectivity index (χ4v) is 1.46. The van der Waals surface area contributed by atoms with Gasteiger partial charge in [0, 0.05) is 5.38 Å². The smallest absolute Gasteiger partial charge is 0.385 e. The number of hydrogen-bond acceptors (Lipinski definition) is 4. The zero-order valence-electron chi connectivity index (χ0n) is 6.33. The predicted molar refractivity (Wildman–Crippen MR) is 43.8 cm³/mol. The minimum atomic E-state index is -4.10. The van der Waals surface area contributed by atoms with E-state index in [-0.39, 0.29) is 5.01 Å². The van der Waals surface area contributed by atoms with Crippen LogP contribution in [0.4, 0.5) is 8.78 Å². The van der Waals surface area contributed by atoms with E-state index in [1.165, 1.54) is 0 Å². The summed E-state index contributed by atoms with van der Waals surface area (Å²) >= 11 is 5.53. The molecule has 0 atom stereocenters. The molecule has 0 aliphatic heterocycles. The van der Waals surface area contributed by atoms with Crippen molar-refractivity contribution in [2.24, 2.45) is 0 Å². The number of hydrogen-bond donors (Lipinski definition) is 1. The van der Waals surface area contributed by atoms with E-state index in [1.54, 1.807) is 0 Å². The average Bonchev–Trinajstić information content (AvgIpc) is 2.51. The second kappa shape index (κ2) is 3.58. The lowest BCUT2D eigenvalue weighted by atomic mass is 10.3. The van der Waals surface area contributed by atoms with E-state index >= 15 is 0 Å². The minimum absolute atomic E-state index is 0.359. The first-order valence-electron chi connectivity index (χ1n) is 3.12. The maximum atomic E-state index is 12.7. The number of aromatic nitrogens is 1. The molecular weight excluding hydrogens is 240 g/mol. The number of carbonyl (C=O) groups excluding carboxylic acids is 1. The SMILES string of the molecule is O=C(Cl)c1nc(C(F)(F)C(=O)O)cs1. The van der Waals surface area contributed by atoms with Crippen LogP contribution in [0, 0.1) is 0 Å². The van der Waals surface area contributed by atoms with Crippen LogP contribution in [0.1, 0.15) is 15.5 Å². The zero-order chi connectivity index (χ0) is 10.9. The molecule has 0 aromatic carbocycles. The molecule has 0 fully saturated rings. The van der Waals surface area contributed by atoms with Crippen LogP contribution in [0.25, 0.3) is 0 Å².